The van der Waals surface area contributed by atoms with Crippen LogP contribution in [0.5, 0.6) is 0 Å². The van der Waals surface area contributed by atoms with Gasteiger partial charge in [0.1, 0.15) is 16.9 Å². The second-order valence-corrected chi connectivity index (χ2v) is 9.44. The number of benzene rings is 2. The number of carbonyl (C=O) groups is 1. The molecule has 1 saturated carbocycles. The van der Waals surface area contributed by atoms with Crippen LogP contribution in [0.15, 0.2) is 46.9 Å². The molecule has 0 radical (unpaired) electrons. The number of para-hydroxylation sites is 1. The Labute approximate surface area is 164 Å². The lowest BCUT2D eigenvalue weighted by Crippen LogP contribution is -2.41. The number of carbonyl (C=O) groups excluding carboxylic acids is 1. The van der Waals surface area contributed by atoms with E-state index in [-0.39, 0.29) is 6.04 Å². The van der Waals surface area contributed by atoms with Crippen LogP contribution in [-0.4, -0.2) is 26.1 Å². The lowest BCUT2D eigenvalue weighted by atomic mass is 9.88. The van der Waals surface area contributed by atoms with Crippen molar-refractivity contribution in [3.05, 3.63) is 42.5 Å². The summed E-state index contributed by atoms with van der Waals surface area (Å²) in [5.74, 6) is -0.513. The molecule has 1 aliphatic rings. The highest BCUT2D eigenvalue weighted by atomic mass is 32.2. The lowest BCUT2D eigenvalue weighted by molar-refractivity contribution is -0.113. The molecule has 4 rings (SSSR count). The second kappa shape index (κ2) is 7.56. The van der Waals surface area contributed by atoms with Gasteiger partial charge in [-0.3, -0.25) is 4.79 Å². The summed E-state index contributed by atoms with van der Waals surface area (Å²) in [6.45, 7) is 2.18. The summed E-state index contributed by atoms with van der Waals surface area (Å²) in [6.07, 6.45) is 3.67. The van der Waals surface area contributed by atoms with Crippen molar-refractivity contribution in [1.29, 1.82) is 0 Å². The molecular formula is C21H24N2O4S. The van der Waals surface area contributed by atoms with E-state index in [0.717, 1.165) is 42.0 Å². The Kier molecular flexibility index (Phi) is 5.12. The van der Waals surface area contributed by atoms with Gasteiger partial charge in [-0.1, -0.05) is 25.1 Å². The predicted molar refractivity (Wildman–Crippen MR) is 111 cm³/mol. The van der Waals surface area contributed by atoms with Gasteiger partial charge in [0.25, 0.3) is 0 Å². The zero-order valence-electron chi connectivity index (χ0n) is 15.8. The molecule has 7 heteroatoms. The van der Waals surface area contributed by atoms with Crippen LogP contribution in [0.1, 0.15) is 32.6 Å². The summed E-state index contributed by atoms with van der Waals surface area (Å²) in [4.78, 5) is 12.3. The standard InChI is InChI=1S/C21H24N2O4S/c1-14-6-8-15(9-7-14)23-28(25,26)13-21(24)22-16-10-11-18-17-4-2-3-5-19(17)27-20(18)12-16/h2-5,10-12,14-15,23H,6-9,13H2,1H3,(H,22,24). The molecule has 1 fully saturated rings. The van der Waals surface area contributed by atoms with Crippen LogP contribution in [0.25, 0.3) is 21.9 Å². The van der Waals surface area contributed by atoms with Gasteiger partial charge in [-0.2, -0.15) is 0 Å². The maximum Gasteiger partial charge on any atom is 0.240 e. The van der Waals surface area contributed by atoms with Crippen LogP contribution >= 0.6 is 0 Å². The van der Waals surface area contributed by atoms with Crippen molar-refractivity contribution in [3.63, 3.8) is 0 Å². The fourth-order valence-corrected chi connectivity index (χ4v) is 5.09. The Balaban J connectivity index is 1.42. The number of hydrogen-bond donors (Lipinski definition) is 2. The Bertz CT molecular complexity index is 1110. The zero-order chi connectivity index (χ0) is 19.7. The molecule has 6 nitrogen and oxygen atoms in total. The number of amides is 1. The molecule has 1 aromatic heterocycles. The Morgan fingerprint density at radius 3 is 2.54 bits per heavy atom. The molecule has 148 valence electrons. The molecule has 0 unspecified atom stereocenters. The quantitative estimate of drug-likeness (QED) is 0.677. The first kappa shape index (κ1) is 19.0. The lowest BCUT2D eigenvalue weighted by Gasteiger charge is -2.26. The molecular weight excluding hydrogens is 376 g/mol. The Morgan fingerprint density at radius 2 is 1.75 bits per heavy atom. The normalized spacial score (nSPS) is 20.5. The summed E-state index contributed by atoms with van der Waals surface area (Å²) in [6, 6.07) is 13.0. The van der Waals surface area contributed by atoms with Gasteiger partial charge in [-0.15, -0.1) is 0 Å². The molecule has 1 amide bonds. The number of rotatable bonds is 5. The maximum atomic E-state index is 12.3. The summed E-state index contributed by atoms with van der Waals surface area (Å²) < 4.78 is 33.1. The van der Waals surface area contributed by atoms with Crippen molar-refractivity contribution >= 4 is 43.6 Å². The van der Waals surface area contributed by atoms with E-state index in [1.165, 1.54) is 0 Å². The predicted octanol–water partition coefficient (Wildman–Crippen LogP) is 4.02. The van der Waals surface area contributed by atoms with Crippen molar-refractivity contribution < 1.29 is 17.6 Å². The summed E-state index contributed by atoms with van der Waals surface area (Å²) in [7, 11) is -3.67. The van der Waals surface area contributed by atoms with Crippen molar-refractivity contribution in [2.45, 2.75) is 38.6 Å². The minimum Gasteiger partial charge on any atom is -0.456 e. The fourth-order valence-electron chi connectivity index (χ4n) is 3.85. The number of sulfonamides is 1. The minimum absolute atomic E-state index is 0.0686. The molecule has 3 aromatic rings. The third-order valence-electron chi connectivity index (χ3n) is 5.35. The Hall–Kier alpha value is -2.38. The van der Waals surface area contributed by atoms with Gasteiger partial charge >= 0.3 is 0 Å². The number of hydrogen-bond acceptors (Lipinski definition) is 4. The second-order valence-electron chi connectivity index (χ2n) is 7.69. The van der Waals surface area contributed by atoms with Gasteiger partial charge in [-0.25, -0.2) is 13.1 Å². The van der Waals surface area contributed by atoms with E-state index >= 15 is 0 Å². The first-order valence-corrected chi connectivity index (χ1v) is 11.3. The topological polar surface area (TPSA) is 88.4 Å². The van der Waals surface area contributed by atoms with Crippen molar-refractivity contribution in [2.24, 2.45) is 5.92 Å². The molecule has 2 N–H and O–H groups in total. The van der Waals surface area contributed by atoms with Gasteiger partial charge in [0.15, 0.2) is 0 Å². The number of nitrogens with one attached hydrogen (secondary N) is 2. The van der Waals surface area contributed by atoms with Crippen LogP contribution in [0, 0.1) is 5.92 Å². The summed E-state index contributed by atoms with van der Waals surface area (Å²) in [5.41, 5.74) is 1.93. The van der Waals surface area contributed by atoms with E-state index in [1.807, 2.05) is 30.3 Å². The largest absolute Gasteiger partial charge is 0.456 e. The van der Waals surface area contributed by atoms with E-state index in [1.54, 1.807) is 12.1 Å². The summed E-state index contributed by atoms with van der Waals surface area (Å²) in [5, 5.41) is 4.62. The Morgan fingerprint density at radius 1 is 1.04 bits per heavy atom. The zero-order valence-corrected chi connectivity index (χ0v) is 16.6. The van der Waals surface area contributed by atoms with Crippen LogP contribution in [0.4, 0.5) is 5.69 Å². The van der Waals surface area contributed by atoms with Gasteiger partial charge in [0.05, 0.1) is 0 Å². The molecule has 0 saturated heterocycles. The molecule has 0 bridgehead atoms. The summed E-state index contributed by atoms with van der Waals surface area (Å²) >= 11 is 0. The van der Waals surface area contributed by atoms with Gasteiger partial charge in [0.2, 0.25) is 15.9 Å². The maximum absolute atomic E-state index is 12.3. The van der Waals surface area contributed by atoms with E-state index < -0.39 is 21.7 Å². The molecule has 1 aliphatic carbocycles. The third-order valence-corrected chi connectivity index (χ3v) is 6.68. The smallest absolute Gasteiger partial charge is 0.240 e. The van der Waals surface area contributed by atoms with Crippen LogP contribution < -0.4 is 10.0 Å². The van der Waals surface area contributed by atoms with E-state index in [0.29, 0.717) is 17.2 Å². The highest BCUT2D eigenvalue weighted by molar-refractivity contribution is 7.90. The molecule has 0 spiro atoms. The van der Waals surface area contributed by atoms with Gasteiger partial charge in [-0.05, 0) is 49.8 Å². The molecule has 2 aromatic carbocycles. The first-order chi connectivity index (χ1) is 13.4. The van der Waals surface area contributed by atoms with E-state index in [2.05, 4.69) is 17.0 Å². The molecule has 0 aliphatic heterocycles. The fraction of sp³-hybridized carbons (Fsp3) is 0.381. The minimum atomic E-state index is -3.67. The van der Waals surface area contributed by atoms with Crippen LogP contribution in [0.3, 0.4) is 0 Å². The number of anilines is 1. The first-order valence-electron chi connectivity index (χ1n) is 9.61. The molecule has 28 heavy (non-hydrogen) atoms. The highest BCUT2D eigenvalue weighted by Crippen LogP contribution is 2.30. The van der Waals surface area contributed by atoms with Crippen molar-refractivity contribution in [3.8, 4) is 0 Å². The average molecular weight is 401 g/mol. The van der Waals surface area contributed by atoms with Gasteiger partial charge < -0.3 is 9.73 Å². The highest BCUT2D eigenvalue weighted by Gasteiger charge is 2.24. The average Bonchev–Trinajstić information content (AvgIpc) is 3.00. The van der Waals surface area contributed by atoms with Crippen LogP contribution in [0.2, 0.25) is 0 Å². The van der Waals surface area contributed by atoms with Gasteiger partial charge in [0, 0.05) is 28.6 Å². The molecule has 0 atom stereocenters. The van der Waals surface area contributed by atoms with Crippen molar-refractivity contribution in [1.82, 2.24) is 4.72 Å². The monoisotopic (exact) mass is 400 g/mol. The van der Waals surface area contributed by atoms with E-state index in [9.17, 15) is 13.2 Å². The number of fused-ring (bicyclic) bond motifs is 3. The van der Waals surface area contributed by atoms with E-state index in [4.69, 9.17) is 4.42 Å². The molecule has 1 heterocycles. The van der Waals surface area contributed by atoms with Crippen LogP contribution in [-0.2, 0) is 14.8 Å². The SMILES string of the molecule is CC1CCC(NS(=O)(=O)CC(=O)Nc2ccc3c(c2)oc2ccccc23)CC1. The number of furan rings is 1. The van der Waals surface area contributed by atoms with Crippen molar-refractivity contribution in [2.75, 3.05) is 11.1 Å². The third kappa shape index (κ3) is 4.20.